The van der Waals surface area contributed by atoms with Gasteiger partial charge in [-0.05, 0) is 40.5 Å². The second kappa shape index (κ2) is 8.71. The first-order valence-corrected chi connectivity index (χ1v) is 11.0. The maximum Gasteiger partial charge on any atom is 0.257 e. The van der Waals surface area contributed by atoms with Gasteiger partial charge < -0.3 is 14.5 Å². The average molecular weight is 413 g/mol. The molecule has 0 saturated carbocycles. The fourth-order valence-corrected chi connectivity index (χ4v) is 4.39. The number of ether oxygens (including phenoxy) is 1. The first kappa shape index (κ1) is 20.8. The number of carbonyl (C=O) groups is 1. The number of anilines is 1. The molecule has 0 aliphatic carbocycles. The highest BCUT2D eigenvalue weighted by atomic mass is 16.5. The van der Waals surface area contributed by atoms with Gasteiger partial charge in [0.05, 0.1) is 25.0 Å². The van der Waals surface area contributed by atoms with Crippen molar-refractivity contribution in [1.82, 2.24) is 24.6 Å². The van der Waals surface area contributed by atoms with E-state index in [0.717, 1.165) is 87.4 Å². The molecule has 0 atom stereocenters. The minimum atomic E-state index is 0.0839. The number of hydrogen-bond acceptors (Lipinski definition) is 6. The zero-order valence-electron chi connectivity index (χ0n) is 18.5. The maximum absolute atomic E-state index is 13.0. The van der Waals surface area contributed by atoms with Crippen molar-refractivity contribution >= 4 is 11.7 Å². The summed E-state index contributed by atoms with van der Waals surface area (Å²) in [6.45, 7) is 13.6. The van der Waals surface area contributed by atoms with E-state index in [1.165, 1.54) is 0 Å². The van der Waals surface area contributed by atoms with Crippen molar-refractivity contribution < 1.29 is 9.53 Å². The molecule has 2 saturated heterocycles. The Hall–Kier alpha value is -2.48. The highest BCUT2D eigenvalue weighted by molar-refractivity contribution is 5.95. The molecule has 30 heavy (non-hydrogen) atoms. The molecule has 0 spiro atoms. The van der Waals surface area contributed by atoms with E-state index in [4.69, 9.17) is 14.7 Å². The van der Waals surface area contributed by atoms with Crippen LogP contribution in [0.3, 0.4) is 0 Å². The number of hydrogen-bond donors (Lipinski definition) is 0. The number of carbonyl (C=O) groups excluding carboxylic acids is 1. The minimum Gasteiger partial charge on any atom is -0.378 e. The molecule has 1 amide bonds. The van der Waals surface area contributed by atoms with E-state index >= 15 is 0 Å². The lowest BCUT2D eigenvalue weighted by Gasteiger charge is -2.33. The molecule has 2 fully saturated rings. The molecule has 2 aromatic heterocycles. The van der Waals surface area contributed by atoms with E-state index in [-0.39, 0.29) is 11.8 Å². The van der Waals surface area contributed by atoms with Crippen LogP contribution in [-0.4, -0.2) is 69.9 Å². The number of piperidine rings is 1. The van der Waals surface area contributed by atoms with Crippen molar-refractivity contribution in [2.75, 3.05) is 44.3 Å². The SMILES string of the molecule is CCn1ncc(C(=O)N2CCC(c3nc(C)c(C)c(N4CCOCC4)n3)CC2)c1C. The lowest BCUT2D eigenvalue weighted by atomic mass is 9.95. The van der Waals surface area contributed by atoms with Gasteiger partial charge in [0, 0.05) is 55.6 Å². The van der Waals surface area contributed by atoms with E-state index in [2.05, 4.69) is 23.8 Å². The molecule has 2 aliphatic rings. The first-order valence-electron chi connectivity index (χ1n) is 11.0. The van der Waals surface area contributed by atoms with Crippen molar-refractivity contribution in [3.63, 3.8) is 0 Å². The molecule has 8 heteroatoms. The molecule has 0 bridgehead atoms. The molecular formula is C22H32N6O2. The summed E-state index contributed by atoms with van der Waals surface area (Å²) in [5, 5.41) is 4.32. The minimum absolute atomic E-state index is 0.0839. The summed E-state index contributed by atoms with van der Waals surface area (Å²) < 4.78 is 7.37. The molecular weight excluding hydrogens is 380 g/mol. The molecule has 0 N–H and O–H groups in total. The molecule has 0 aromatic carbocycles. The number of aryl methyl sites for hydroxylation is 2. The number of morpholine rings is 1. The van der Waals surface area contributed by atoms with Gasteiger partial charge in [0.25, 0.3) is 5.91 Å². The lowest BCUT2D eigenvalue weighted by Crippen LogP contribution is -2.39. The first-order chi connectivity index (χ1) is 14.5. The third-order valence-corrected chi connectivity index (χ3v) is 6.47. The summed E-state index contributed by atoms with van der Waals surface area (Å²) in [6, 6.07) is 0. The van der Waals surface area contributed by atoms with Crippen LogP contribution in [0.15, 0.2) is 6.20 Å². The van der Waals surface area contributed by atoms with Crippen LogP contribution < -0.4 is 4.90 Å². The lowest BCUT2D eigenvalue weighted by molar-refractivity contribution is 0.0710. The Labute approximate surface area is 178 Å². The van der Waals surface area contributed by atoms with Crippen LogP contribution in [0.25, 0.3) is 0 Å². The van der Waals surface area contributed by atoms with Crippen LogP contribution in [0.1, 0.15) is 58.8 Å². The van der Waals surface area contributed by atoms with E-state index in [0.29, 0.717) is 5.56 Å². The molecule has 4 rings (SSSR count). The van der Waals surface area contributed by atoms with Gasteiger partial charge in [-0.25, -0.2) is 9.97 Å². The Morgan fingerprint density at radius 2 is 1.80 bits per heavy atom. The van der Waals surface area contributed by atoms with Crippen molar-refractivity contribution in [3.8, 4) is 0 Å². The second-order valence-electron chi connectivity index (χ2n) is 8.24. The summed E-state index contributed by atoms with van der Waals surface area (Å²) in [6.07, 6.45) is 3.48. The molecule has 4 heterocycles. The van der Waals surface area contributed by atoms with Crippen molar-refractivity contribution in [2.45, 2.75) is 53.0 Å². The summed E-state index contributed by atoms with van der Waals surface area (Å²) >= 11 is 0. The van der Waals surface area contributed by atoms with Crippen LogP contribution >= 0.6 is 0 Å². The third kappa shape index (κ3) is 3.93. The van der Waals surface area contributed by atoms with E-state index in [1.807, 2.05) is 23.4 Å². The van der Waals surface area contributed by atoms with Gasteiger partial charge in [0.2, 0.25) is 0 Å². The Morgan fingerprint density at radius 1 is 1.10 bits per heavy atom. The van der Waals surface area contributed by atoms with Crippen LogP contribution in [0, 0.1) is 20.8 Å². The second-order valence-corrected chi connectivity index (χ2v) is 8.24. The highest BCUT2D eigenvalue weighted by Gasteiger charge is 2.29. The van der Waals surface area contributed by atoms with Crippen LogP contribution in [0.4, 0.5) is 5.82 Å². The van der Waals surface area contributed by atoms with Gasteiger partial charge in [-0.15, -0.1) is 0 Å². The van der Waals surface area contributed by atoms with Gasteiger partial charge in [0.15, 0.2) is 0 Å². The maximum atomic E-state index is 13.0. The third-order valence-electron chi connectivity index (χ3n) is 6.47. The average Bonchev–Trinajstić information content (AvgIpc) is 3.16. The predicted octanol–water partition coefficient (Wildman–Crippen LogP) is 2.47. The largest absolute Gasteiger partial charge is 0.378 e. The molecule has 2 aromatic rings. The zero-order chi connectivity index (χ0) is 21.3. The van der Waals surface area contributed by atoms with Gasteiger partial charge >= 0.3 is 0 Å². The van der Waals surface area contributed by atoms with Gasteiger partial charge in [-0.2, -0.15) is 5.10 Å². The Bertz CT molecular complexity index is 911. The Kier molecular flexibility index (Phi) is 6.04. The summed E-state index contributed by atoms with van der Waals surface area (Å²) in [7, 11) is 0. The summed E-state index contributed by atoms with van der Waals surface area (Å²) in [5.41, 5.74) is 3.85. The van der Waals surface area contributed by atoms with E-state index in [9.17, 15) is 4.79 Å². The molecule has 0 unspecified atom stereocenters. The topological polar surface area (TPSA) is 76.4 Å². The smallest absolute Gasteiger partial charge is 0.257 e. The highest BCUT2D eigenvalue weighted by Crippen LogP contribution is 2.30. The standard InChI is InChI=1S/C22H32N6O2/c1-5-28-17(4)19(14-23-28)22(29)27-8-6-18(7-9-27)20-24-16(3)15(2)21(25-20)26-10-12-30-13-11-26/h14,18H,5-13H2,1-4H3. The fraction of sp³-hybridized carbons (Fsp3) is 0.636. The summed E-state index contributed by atoms with van der Waals surface area (Å²) in [4.78, 5) is 27.0. The molecule has 2 aliphatic heterocycles. The summed E-state index contributed by atoms with van der Waals surface area (Å²) in [5.74, 6) is 2.33. The monoisotopic (exact) mass is 412 g/mol. The Balaban J connectivity index is 1.46. The quantitative estimate of drug-likeness (QED) is 0.768. The van der Waals surface area contributed by atoms with E-state index in [1.54, 1.807) is 6.20 Å². The normalized spacial score (nSPS) is 18.1. The van der Waals surface area contributed by atoms with Crippen LogP contribution in [-0.2, 0) is 11.3 Å². The zero-order valence-corrected chi connectivity index (χ0v) is 18.5. The number of aromatic nitrogens is 4. The molecule has 162 valence electrons. The molecule has 8 nitrogen and oxygen atoms in total. The Morgan fingerprint density at radius 3 is 2.43 bits per heavy atom. The van der Waals surface area contributed by atoms with Crippen molar-refractivity contribution in [3.05, 3.63) is 34.5 Å². The van der Waals surface area contributed by atoms with Gasteiger partial charge in [0.1, 0.15) is 11.6 Å². The number of amides is 1. The number of rotatable bonds is 4. The van der Waals surface area contributed by atoms with Gasteiger partial charge in [-0.3, -0.25) is 9.48 Å². The van der Waals surface area contributed by atoms with Crippen molar-refractivity contribution in [1.29, 1.82) is 0 Å². The van der Waals surface area contributed by atoms with Crippen molar-refractivity contribution in [2.24, 2.45) is 0 Å². The fourth-order valence-electron chi connectivity index (χ4n) is 4.39. The number of nitrogens with zero attached hydrogens (tertiary/aromatic N) is 6. The van der Waals surface area contributed by atoms with Gasteiger partial charge in [-0.1, -0.05) is 0 Å². The number of likely N-dealkylation sites (tertiary alicyclic amines) is 1. The van der Waals surface area contributed by atoms with Crippen LogP contribution in [0.2, 0.25) is 0 Å². The predicted molar refractivity (Wildman–Crippen MR) is 115 cm³/mol. The van der Waals surface area contributed by atoms with Crippen LogP contribution in [0.5, 0.6) is 0 Å². The molecule has 0 radical (unpaired) electrons. The van der Waals surface area contributed by atoms with E-state index < -0.39 is 0 Å².